The topological polar surface area (TPSA) is 89.1 Å². The van der Waals surface area contributed by atoms with Gasteiger partial charge in [-0.3, -0.25) is 9.78 Å². The third kappa shape index (κ3) is 3.13. The van der Waals surface area contributed by atoms with Gasteiger partial charge in [0.05, 0.1) is 0 Å². The van der Waals surface area contributed by atoms with E-state index in [9.17, 15) is 4.79 Å². The van der Waals surface area contributed by atoms with Gasteiger partial charge in [-0.15, -0.1) is 0 Å². The highest BCUT2D eigenvalue weighted by Crippen LogP contribution is 2.15. The minimum atomic E-state index is -0.827. The molecule has 2 heterocycles. The first-order valence-electron chi connectivity index (χ1n) is 5.61. The largest absolute Gasteiger partial charge is 0.481 e. The maximum Gasteiger partial charge on any atom is 0.303 e. The van der Waals surface area contributed by atoms with Crippen molar-refractivity contribution in [2.75, 3.05) is 0 Å². The Balaban J connectivity index is 2.05. The van der Waals surface area contributed by atoms with Gasteiger partial charge in [0.25, 0.3) is 0 Å². The van der Waals surface area contributed by atoms with Gasteiger partial charge < -0.3 is 9.63 Å². The molecule has 18 heavy (non-hydrogen) atoms. The summed E-state index contributed by atoms with van der Waals surface area (Å²) in [6.07, 6.45) is 2.19. The molecule has 1 unspecified atom stereocenters. The van der Waals surface area contributed by atoms with Crippen molar-refractivity contribution in [3.8, 4) is 11.5 Å². The molecule has 0 fully saturated rings. The molecule has 0 spiro atoms. The van der Waals surface area contributed by atoms with Crippen molar-refractivity contribution in [1.82, 2.24) is 15.1 Å². The second-order valence-corrected chi connectivity index (χ2v) is 4.13. The average Bonchev–Trinajstić information content (AvgIpc) is 2.77. The molecule has 0 radical (unpaired) electrons. The zero-order chi connectivity index (χ0) is 13.0. The van der Waals surface area contributed by atoms with Gasteiger partial charge in [-0.1, -0.05) is 18.1 Å². The Morgan fingerprint density at radius 1 is 1.50 bits per heavy atom. The minimum Gasteiger partial charge on any atom is -0.481 e. The van der Waals surface area contributed by atoms with Gasteiger partial charge in [0, 0.05) is 19.0 Å². The average molecular weight is 247 g/mol. The van der Waals surface area contributed by atoms with Crippen molar-refractivity contribution in [1.29, 1.82) is 0 Å². The van der Waals surface area contributed by atoms with Crippen molar-refractivity contribution in [2.24, 2.45) is 5.92 Å². The molecule has 1 atom stereocenters. The molecule has 0 aromatic carbocycles. The van der Waals surface area contributed by atoms with Gasteiger partial charge in [-0.25, -0.2) is 0 Å². The summed E-state index contributed by atoms with van der Waals surface area (Å²) in [4.78, 5) is 18.9. The van der Waals surface area contributed by atoms with E-state index in [2.05, 4.69) is 15.1 Å². The van der Waals surface area contributed by atoms with Crippen molar-refractivity contribution < 1.29 is 14.4 Å². The van der Waals surface area contributed by atoms with Crippen LogP contribution in [0.3, 0.4) is 0 Å². The molecule has 0 saturated heterocycles. The molecule has 2 rings (SSSR count). The number of carboxylic acid groups (broad SMARTS) is 1. The molecule has 0 aliphatic heterocycles. The fourth-order valence-electron chi connectivity index (χ4n) is 1.61. The summed E-state index contributed by atoms with van der Waals surface area (Å²) in [5.74, 6) is -0.0102. The molecule has 0 aliphatic rings. The van der Waals surface area contributed by atoms with Gasteiger partial charge in [0.1, 0.15) is 5.69 Å². The van der Waals surface area contributed by atoms with Crippen molar-refractivity contribution >= 4 is 5.97 Å². The predicted octanol–water partition coefficient (Wildman–Crippen LogP) is 1.78. The van der Waals surface area contributed by atoms with Crippen LogP contribution in [-0.2, 0) is 11.2 Å². The van der Waals surface area contributed by atoms with Crippen molar-refractivity contribution in [2.45, 2.75) is 19.8 Å². The fraction of sp³-hybridized carbons (Fsp3) is 0.333. The quantitative estimate of drug-likeness (QED) is 0.866. The number of aromatic nitrogens is 3. The summed E-state index contributed by atoms with van der Waals surface area (Å²) in [7, 11) is 0. The van der Waals surface area contributed by atoms with Crippen LogP contribution in [-0.4, -0.2) is 26.2 Å². The molecule has 6 heteroatoms. The van der Waals surface area contributed by atoms with Gasteiger partial charge >= 0.3 is 5.97 Å². The van der Waals surface area contributed by atoms with Gasteiger partial charge in [0.15, 0.2) is 0 Å². The normalized spacial score (nSPS) is 12.3. The van der Waals surface area contributed by atoms with Crippen LogP contribution in [0.5, 0.6) is 0 Å². The molecular weight excluding hydrogens is 234 g/mol. The summed E-state index contributed by atoms with van der Waals surface area (Å²) in [5.41, 5.74) is 0.637. The molecule has 0 bridgehead atoms. The predicted molar refractivity (Wildman–Crippen MR) is 62.6 cm³/mol. The third-order valence-corrected chi connectivity index (χ3v) is 2.41. The van der Waals surface area contributed by atoms with Crippen LogP contribution in [0.2, 0.25) is 0 Å². The van der Waals surface area contributed by atoms with Gasteiger partial charge in [-0.2, -0.15) is 4.98 Å². The molecular formula is C12H13N3O3. The van der Waals surface area contributed by atoms with E-state index in [0.717, 1.165) is 0 Å². The van der Waals surface area contributed by atoms with Crippen LogP contribution in [0.15, 0.2) is 28.9 Å². The summed E-state index contributed by atoms with van der Waals surface area (Å²) < 4.78 is 5.08. The van der Waals surface area contributed by atoms with E-state index in [1.54, 1.807) is 18.3 Å². The van der Waals surface area contributed by atoms with Crippen LogP contribution >= 0.6 is 0 Å². The number of aliphatic carboxylic acids is 1. The van der Waals surface area contributed by atoms with Crippen LogP contribution in [0.1, 0.15) is 19.2 Å². The van der Waals surface area contributed by atoms with E-state index in [-0.39, 0.29) is 12.3 Å². The van der Waals surface area contributed by atoms with Crippen LogP contribution in [0, 0.1) is 5.92 Å². The first-order chi connectivity index (χ1) is 8.65. The molecule has 94 valence electrons. The molecule has 2 aromatic heterocycles. The fourth-order valence-corrected chi connectivity index (χ4v) is 1.61. The Kier molecular flexibility index (Phi) is 3.66. The number of hydrogen-bond acceptors (Lipinski definition) is 5. The maximum atomic E-state index is 10.5. The number of carbonyl (C=O) groups is 1. The number of carboxylic acids is 1. The zero-order valence-electron chi connectivity index (χ0n) is 9.91. The molecule has 0 aliphatic carbocycles. The highest BCUT2D eigenvalue weighted by molar-refractivity contribution is 5.66. The van der Waals surface area contributed by atoms with Gasteiger partial charge in [0.2, 0.25) is 11.7 Å². The molecule has 0 amide bonds. The smallest absolute Gasteiger partial charge is 0.303 e. The summed E-state index contributed by atoms with van der Waals surface area (Å²) in [6, 6.07) is 5.43. The molecule has 0 saturated carbocycles. The number of nitrogens with zero attached hydrogens (tertiary/aromatic N) is 3. The molecule has 6 nitrogen and oxygen atoms in total. The van der Waals surface area contributed by atoms with E-state index >= 15 is 0 Å². The summed E-state index contributed by atoms with van der Waals surface area (Å²) in [6.45, 7) is 1.83. The van der Waals surface area contributed by atoms with E-state index in [4.69, 9.17) is 9.63 Å². The Bertz CT molecular complexity index is 524. The monoisotopic (exact) mass is 247 g/mol. The second kappa shape index (κ2) is 5.39. The Morgan fingerprint density at radius 2 is 2.33 bits per heavy atom. The zero-order valence-corrected chi connectivity index (χ0v) is 9.91. The van der Waals surface area contributed by atoms with E-state index in [0.29, 0.717) is 23.8 Å². The first kappa shape index (κ1) is 12.2. The highest BCUT2D eigenvalue weighted by atomic mass is 16.5. The number of hydrogen-bond donors (Lipinski definition) is 1. The lowest BCUT2D eigenvalue weighted by atomic mass is 10.0. The van der Waals surface area contributed by atoms with Crippen LogP contribution in [0.25, 0.3) is 11.5 Å². The van der Waals surface area contributed by atoms with E-state index in [1.165, 1.54) is 0 Å². The van der Waals surface area contributed by atoms with Crippen LogP contribution in [0.4, 0.5) is 0 Å². The Morgan fingerprint density at radius 3 is 3.00 bits per heavy atom. The maximum absolute atomic E-state index is 10.5. The lowest BCUT2D eigenvalue weighted by Gasteiger charge is -2.03. The lowest BCUT2D eigenvalue weighted by Crippen LogP contribution is -2.07. The van der Waals surface area contributed by atoms with Gasteiger partial charge in [-0.05, 0) is 18.1 Å². The number of rotatable bonds is 5. The first-order valence-corrected chi connectivity index (χ1v) is 5.61. The molecule has 2 aromatic rings. The van der Waals surface area contributed by atoms with E-state index < -0.39 is 5.97 Å². The Hall–Kier alpha value is -2.24. The minimum absolute atomic E-state index is 0.0421. The number of pyridine rings is 1. The highest BCUT2D eigenvalue weighted by Gasteiger charge is 2.14. The molecule has 1 N–H and O–H groups in total. The van der Waals surface area contributed by atoms with Crippen molar-refractivity contribution in [3.05, 3.63) is 30.3 Å². The lowest BCUT2D eigenvalue weighted by molar-refractivity contribution is -0.137. The van der Waals surface area contributed by atoms with E-state index in [1.807, 2.05) is 13.0 Å². The second-order valence-electron chi connectivity index (χ2n) is 4.13. The van der Waals surface area contributed by atoms with Crippen molar-refractivity contribution in [3.63, 3.8) is 0 Å². The van der Waals surface area contributed by atoms with Crippen LogP contribution < -0.4 is 0 Å². The SMILES string of the molecule is CC(CC(=O)O)Cc1nc(-c2ccccn2)no1. The summed E-state index contributed by atoms with van der Waals surface area (Å²) >= 11 is 0. The Labute approximate surface area is 104 Å². The summed E-state index contributed by atoms with van der Waals surface area (Å²) in [5, 5.41) is 12.5. The third-order valence-electron chi connectivity index (χ3n) is 2.41. The standard InChI is InChI=1S/C12H13N3O3/c1-8(7-11(16)17)6-10-14-12(15-18-10)9-4-2-3-5-13-9/h2-5,8H,6-7H2,1H3,(H,16,17).